The van der Waals surface area contributed by atoms with Crippen LogP contribution in [0.1, 0.15) is 18.1 Å². The van der Waals surface area contributed by atoms with Crippen LogP contribution in [-0.2, 0) is 6.18 Å². The number of para-hydroxylation sites is 1. The van der Waals surface area contributed by atoms with Crippen molar-refractivity contribution < 1.29 is 27.8 Å². The summed E-state index contributed by atoms with van der Waals surface area (Å²) in [6.07, 6.45) is -3.22. The summed E-state index contributed by atoms with van der Waals surface area (Å²) in [4.78, 5) is 4.02. The Bertz CT molecular complexity index is 742. The van der Waals surface area contributed by atoms with Gasteiger partial charge in [0.2, 0.25) is 0 Å². The summed E-state index contributed by atoms with van der Waals surface area (Å²) in [5.41, 5.74) is -0.503. The maximum Gasteiger partial charge on any atom is 0.416 e. The van der Waals surface area contributed by atoms with Gasteiger partial charge in [0.05, 0.1) is 19.3 Å². The maximum atomic E-state index is 12.8. The van der Waals surface area contributed by atoms with Gasteiger partial charge in [-0.05, 0) is 37.3 Å². The lowest BCUT2D eigenvalue weighted by molar-refractivity contribution is -0.137. The van der Waals surface area contributed by atoms with Crippen LogP contribution in [0.2, 0.25) is 0 Å². The van der Waals surface area contributed by atoms with Gasteiger partial charge < -0.3 is 14.6 Å². The number of hydrogen-bond donors (Lipinski definition) is 1. The van der Waals surface area contributed by atoms with Gasteiger partial charge in [0.1, 0.15) is 11.4 Å². The molecule has 0 fully saturated rings. The normalized spacial score (nSPS) is 11.7. The predicted octanol–water partition coefficient (Wildman–Crippen LogP) is 4.57. The van der Waals surface area contributed by atoms with Crippen molar-refractivity contribution in [2.24, 2.45) is 4.99 Å². The van der Waals surface area contributed by atoms with Crippen LogP contribution < -0.4 is 9.47 Å². The average molecular weight is 339 g/mol. The zero-order valence-electron chi connectivity index (χ0n) is 13.1. The summed E-state index contributed by atoms with van der Waals surface area (Å²) >= 11 is 0. The molecular formula is C17H16F3NO3. The molecule has 0 radical (unpaired) electrons. The summed E-state index contributed by atoms with van der Waals surface area (Å²) < 4.78 is 48.7. The number of rotatable bonds is 5. The molecule has 0 bridgehead atoms. The Morgan fingerprint density at radius 2 is 1.92 bits per heavy atom. The van der Waals surface area contributed by atoms with E-state index in [1.807, 2.05) is 0 Å². The molecule has 0 aliphatic heterocycles. The third-order valence-corrected chi connectivity index (χ3v) is 3.18. The van der Waals surface area contributed by atoms with Crippen LogP contribution in [0.25, 0.3) is 0 Å². The quantitative estimate of drug-likeness (QED) is 0.812. The zero-order chi connectivity index (χ0) is 17.7. The van der Waals surface area contributed by atoms with Crippen LogP contribution in [0.15, 0.2) is 41.4 Å². The van der Waals surface area contributed by atoms with Gasteiger partial charge in [-0.2, -0.15) is 13.2 Å². The van der Waals surface area contributed by atoms with E-state index in [0.717, 1.165) is 12.1 Å². The van der Waals surface area contributed by atoms with Crippen LogP contribution in [0, 0.1) is 0 Å². The summed E-state index contributed by atoms with van der Waals surface area (Å²) in [6.45, 7) is 2.14. The minimum absolute atomic E-state index is 0.00791. The number of methoxy groups -OCH3 is 1. The van der Waals surface area contributed by atoms with Crippen LogP contribution >= 0.6 is 0 Å². The van der Waals surface area contributed by atoms with E-state index in [1.54, 1.807) is 25.1 Å². The molecule has 128 valence electrons. The van der Waals surface area contributed by atoms with Crippen LogP contribution in [0.5, 0.6) is 17.2 Å². The fourth-order valence-electron chi connectivity index (χ4n) is 2.02. The van der Waals surface area contributed by atoms with E-state index in [2.05, 4.69) is 4.99 Å². The van der Waals surface area contributed by atoms with Crippen LogP contribution in [0.4, 0.5) is 18.9 Å². The van der Waals surface area contributed by atoms with Crippen molar-refractivity contribution in [3.8, 4) is 17.2 Å². The monoisotopic (exact) mass is 339 g/mol. The molecule has 0 unspecified atom stereocenters. The first-order valence-electron chi connectivity index (χ1n) is 7.11. The lowest BCUT2D eigenvalue weighted by atomic mass is 10.1. The molecule has 0 aromatic heterocycles. The zero-order valence-corrected chi connectivity index (χ0v) is 13.1. The third kappa shape index (κ3) is 3.98. The molecule has 0 aliphatic carbocycles. The molecule has 0 spiro atoms. The number of phenols is 1. The Hall–Kier alpha value is -2.70. The number of phenolic OH excluding ortho intramolecular Hbond substituents is 1. The van der Waals surface area contributed by atoms with Gasteiger partial charge in [0.25, 0.3) is 0 Å². The van der Waals surface area contributed by atoms with E-state index in [1.165, 1.54) is 19.4 Å². The summed E-state index contributed by atoms with van der Waals surface area (Å²) in [7, 11) is 1.34. The lowest BCUT2D eigenvalue weighted by Gasteiger charge is -2.10. The molecule has 24 heavy (non-hydrogen) atoms. The lowest BCUT2D eigenvalue weighted by Crippen LogP contribution is -2.04. The molecular weight excluding hydrogens is 323 g/mol. The molecule has 2 aromatic carbocycles. The highest BCUT2D eigenvalue weighted by Gasteiger charge is 2.31. The Morgan fingerprint density at radius 3 is 2.54 bits per heavy atom. The van der Waals surface area contributed by atoms with E-state index < -0.39 is 11.7 Å². The molecule has 2 rings (SSSR count). The molecule has 2 aromatic rings. The number of aromatic hydroxyl groups is 1. The maximum absolute atomic E-state index is 12.8. The smallest absolute Gasteiger partial charge is 0.416 e. The van der Waals surface area contributed by atoms with E-state index in [4.69, 9.17) is 9.47 Å². The summed E-state index contributed by atoms with van der Waals surface area (Å²) in [6, 6.07) is 7.81. The molecule has 0 saturated heterocycles. The van der Waals surface area contributed by atoms with E-state index in [0.29, 0.717) is 12.2 Å². The molecule has 1 N–H and O–H groups in total. The van der Waals surface area contributed by atoms with Gasteiger partial charge in [-0.25, -0.2) is 0 Å². The molecule has 4 nitrogen and oxygen atoms in total. The van der Waals surface area contributed by atoms with Crippen molar-refractivity contribution in [3.63, 3.8) is 0 Å². The first-order chi connectivity index (χ1) is 11.4. The standard InChI is InChI=1S/C17H16F3NO3/c1-3-24-15-6-4-5-11(16(15)22)10-21-13-9-12(17(18,19)20)7-8-14(13)23-2/h4-10,22H,3H2,1-2H3. The minimum Gasteiger partial charge on any atom is -0.504 e. The van der Waals surface area contributed by atoms with Gasteiger partial charge >= 0.3 is 6.18 Å². The molecule has 0 atom stereocenters. The fourth-order valence-corrected chi connectivity index (χ4v) is 2.02. The van der Waals surface area contributed by atoms with Crippen LogP contribution in [-0.4, -0.2) is 25.0 Å². The largest absolute Gasteiger partial charge is 0.504 e. The Morgan fingerprint density at radius 1 is 1.17 bits per heavy atom. The number of halogens is 3. The van der Waals surface area contributed by atoms with Gasteiger partial charge in [-0.3, -0.25) is 4.99 Å². The highest BCUT2D eigenvalue weighted by molar-refractivity contribution is 5.87. The number of nitrogens with zero attached hydrogens (tertiary/aromatic N) is 1. The Labute approximate surface area is 137 Å². The second kappa shape index (κ2) is 7.25. The van der Waals surface area contributed by atoms with E-state index >= 15 is 0 Å². The van der Waals surface area contributed by atoms with Crippen molar-refractivity contribution >= 4 is 11.9 Å². The highest BCUT2D eigenvalue weighted by Crippen LogP contribution is 2.36. The van der Waals surface area contributed by atoms with Gasteiger partial charge in [-0.1, -0.05) is 6.07 Å². The first kappa shape index (κ1) is 17.7. The Kier molecular flexibility index (Phi) is 5.33. The number of benzene rings is 2. The van der Waals surface area contributed by atoms with Crippen molar-refractivity contribution in [1.29, 1.82) is 0 Å². The van der Waals surface area contributed by atoms with Gasteiger partial charge in [0, 0.05) is 11.8 Å². The number of alkyl halides is 3. The van der Waals surface area contributed by atoms with Crippen molar-refractivity contribution in [1.82, 2.24) is 0 Å². The number of ether oxygens (including phenoxy) is 2. The summed E-state index contributed by atoms with van der Waals surface area (Å²) in [5.74, 6) is 0.339. The van der Waals surface area contributed by atoms with Crippen LogP contribution in [0.3, 0.4) is 0 Å². The second-order valence-electron chi connectivity index (χ2n) is 4.77. The Balaban J connectivity index is 2.40. The fraction of sp³-hybridized carbons (Fsp3) is 0.235. The van der Waals surface area contributed by atoms with Crippen molar-refractivity contribution in [3.05, 3.63) is 47.5 Å². The molecule has 7 heteroatoms. The van der Waals surface area contributed by atoms with Gasteiger partial charge in [-0.15, -0.1) is 0 Å². The minimum atomic E-state index is -4.48. The number of aliphatic imine (C=N–C) groups is 1. The topological polar surface area (TPSA) is 51.0 Å². The van der Waals surface area contributed by atoms with Crippen molar-refractivity contribution in [2.45, 2.75) is 13.1 Å². The van der Waals surface area contributed by atoms with E-state index in [9.17, 15) is 18.3 Å². The second-order valence-corrected chi connectivity index (χ2v) is 4.77. The summed E-state index contributed by atoms with van der Waals surface area (Å²) in [5, 5.41) is 10.1. The molecule has 0 saturated carbocycles. The van der Waals surface area contributed by atoms with E-state index in [-0.39, 0.29) is 22.9 Å². The molecule has 0 heterocycles. The first-order valence-corrected chi connectivity index (χ1v) is 7.11. The highest BCUT2D eigenvalue weighted by atomic mass is 19.4. The SMILES string of the molecule is CCOc1cccc(C=Nc2cc(C(F)(F)F)ccc2OC)c1O. The molecule has 0 aliphatic rings. The number of hydrogen-bond acceptors (Lipinski definition) is 4. The molecule has 0 amide bonds. The van der Waals surface area contributed by atoms with Crippen molar-refractivity contribution in [2.75, 3.05) is 13.7 Å². The third-order valence-electron chi connectivity index (χ3n) is 3.18. The van der Waals surface area contributed by atoms with Gasteiger partial charge in [0.15, 0.2) is 11.5 Å². The average Bonchev–Trinajstić information content (AvgIpc) is 2.54. The predicted molar refractivity (Wildman–Crippen MR) is 84.5 cm³/mol.